The number of carbonyl (C=O) groups is 3. The van der Waals surface area contributed by atoms with E-state index < -0.39 is 17.7 Å². The van der Waals surface area contributed by atoms with Crippen molar-refractivity contribution in [3.63, 3.8) is 0 Å². The minimum absolute atomic E-state index is 0.155. The van der Waals surface area contributed by atoms with Gasteiger partial charge in [0.1, 0.15) is 18.0 Å². The van der Waals surface area contributed by atoms with Crippen LogP contribution in [0.4, 0.5) is 4.79 Å². The van der Waals surface area contributed by atoms with E-state index in [2.05, 4.69) is 26.6 Å². The van der Waals surface area contributed by atoms with E-state index >= 15 is 0 Å². The molecule has 0 unspecified atom stereocenters. The number of esters is 1. The molecule has 0 saturated carbocycles. The molecule has 0 heterocycles. The van der Waals surface area contributed by atoms with E-state index in [1.165, 1.54) is 7.11 Å². The minimum Gasteiger partial charge on any atom is -0.489 e. The molecule has 0 bridgehead atoms. The van der Waals surface area contributed by atoms with Gasteiger partial charge in [0, 0.05) is 23.1 Å². The Balaban J connectivity index is 1.68. The third kappa shape index (κ3) is 10.7. The molecule has 2 N–H and O–H groups in total. The average Bonchev–Trinajstić information content (AvgIpc) is 2.83. The average molecular weight is 563 g/mol. The quantitative estimate of drug-likeness (QED) is 0.256. The summed E-state index contributed by atoms with van der Waals surface area (Å²) in [4.78, 5) is 35.8. The van der Waals surface area contributed by atoms with E-state index in [9.17, 15) is 14.4 Å². The van der Waals surface area contributed by atoms with Gasteiger partial charge in [0.15, 0.2) is 0 Å². The van der Waals surface area contributed by atoms with Gasteiger partial charge in [-0.3, -0.25) is 4.79 Å². The first kappa shape index (κ1) is 29.2. The molecule has 0 spiro atoms. The van der Waals surface area contributed by atoms with Crippen LogP contribution >= 0.6 is 15.9 Å². The van der Waals surface area contributed by atoms with Crippen LogP contribution in [0.5, 0.6) is 5.75 Å². The first-order chi connectivity index (χ1) is 17.1. The van der Waals surface area contributed by atoms with Crippen molar-refractivity contribution in [1.82, 2.24) is 10.6 Å². The Morgan fingerprint density at radius 2 is 1.61 bits per heavy atom. The van der Waals surface area contributed by atoms with Crippen molar-refractivity contribution >= 4 is 33.9 Å². The fourth-order valence-electron chi connectivity index (χ4n) is 3.23. The van der Waals surface area contributed by atoms with E-state index in [0.717, 1.165) is 31.2 Å². The summed E-state index contributed by atoms with van der Waals surface area (Å²) in [7, 11) is 1.34. The summed E-state index contributed by atoms with van der Waals surface area (Å²) in [6.45, 7) is 6.92. The number of benzene rings is 2. The van der Waals surface area contributed by atoms with Gasteiger partial charge in [0.25, 0.3) is 5.91 Å². The Bertz CT molecular complexity index is 1040. The molecule has 2 aromatic carbocycles. The predicted molar refractivity (Wildman–Crippen MR) is 141 cm³/mol. The van der Waals surface area contributed by atoms with Gasteiger partial charge in [-0.1, -0.05) is 25.0 Å². The fourth-order valence-corrected chi connectivity index (χ4v) is 3.82. The zero-order valence-corrected chi connectivity index (χ0v) is 22.9. The van der Waals surface area contributed by atoms with Gasteiger partial charge in [0.2, 0.25) is 0 Å². The molecule has 2 aromatic rings. The number of hydrogen-bond acceptors (Lipinski definition) is 6. The highest BCUT2D eigenvalue weighted by atomic mass is 79.9. The minimum atomic E-state index is -0.495. The molecule has 0 aliphatic rings. The standard InChI is InChI=1S/C27H35BrN2O6/c1-27(2,3)36-26(33)30-15-8-6-5-7-14-29-24(31)20-10-9-11-21(17-20)35-18-19-12-13-22(23(28)16-19)25(32)34-4/h9-13,16-17H,5-8,14-15,18H2,1-4H3,(H,29,31)(H,30,33). The Labute approximate surface area is 221 Å². The number of nitrogens with one attached hydrogen (secondary N) is 2. The monoisotopic (exact) mass is 562 g/mol. The highest BCUT2D eigenvalue weighted by molar-refractivity contribution is 9.10. The normalized spacial score (nSPS) is 10.9. The summed E-state index contributed by atoms with van der Waals surface area (Å²) >= 11 is 3.38. The Morgan fingerprint density at radius 1 is 0.917 bits per heavy atom. The molecule has 2 rings (SSSR count). The van der Waals surface area contributed by atoms with Crippen molar-refractivity contribution < 1.29 is 28.6 Å². The maximum absolute atomic E-state index is 12.5. The first-order valence-electron chi connectivity index (χ1n) is 11.9. The van der Waals surface area contributed by atoms with Crippen molar-refractivity contribution in [2.75, 3.05) is 20.2 Å². The lowest BCUT2D eigenvalue weighted by atomic mass is 10.1. The molecule has 9 heteroatoms. The number of rotatable bonds is 12. The largest absolute Gasteiger partial charge is 0.489 e. The molecule has 196 valence electrons. The summed E-state index contributed by atoms with van der Waals surface area (Å²) in [5, 5.41) is 5.67. The van der Waals surface area contributed by atoms with Crippen LogP contribution in [0.1, 0.15) is 72.7 Å². The molecular weight excluding hydrogens is 528 g/mol. The summed E-state index contributed by atoms with van der Waals surface area (Å²) in [6, 6.07) is 12.3. The summed E-state index contributed by atoms with van der Waals surface area (Å²) in [5.41, 5.74) is 1.34. The number of carbonyl (C=O) groups excluding carboxylic acids is 3. The summed E-state index contributed by atoms with van der Waals surface area (Å²) in [5.74, 6) is 0.00813. The first-order valence-corrected chi connectivity index (χ1v) is 12.7. The van der Waals surface area contributed by atoms with E-state index in [4.69, 9.17) is 14.2 Å². The van der Waals surface area contributed by atoms with Gasteiger partial charge in [-0.25, -0.2) is 9.59 Å². The predicted octanol–water partition coefficient (Wildman–Crippen LogP) is 5.63. The highest BCUT2D eigenvalue weighted by Gasteiger charge is 2.15. The van der Waals surface area contributed by atoms with Crippen LogP contribution in [0.3, 0.4) is 0 Å². The lowest BCUT2D eigenvalue weighted by molar-refractivity contribution is 0.0525. The van der Waals surface area contributed by atoms with E-state index in [0.29, 0.717) is 34.4 Å². The molecular formula is C27H35BrN2O6. The van der Waals surface area contributed by atoms with Gasteiger partial charge < -0.3 is 24.8 Å². The Morgan fingerprint density at radius 3 is 2.25 bits per heavy atom. The Hall–Kier alpha value is -3.07. The number of alkyl carbamates (subject to hydrolysis) is 1. The second-order valence-corrected chi connectivity index (χ2v) is 10.1. The summed E-state index contributed by atoms with van der Waals surface area (Å²) < 4.78 is 16.4. The molecule has 0 atom stereocenters. The molecule has 0 fully saturated rings. The van der Waals surface area contributed by atoms with Gasteiger partial charge in [-0.2, -0.15) is 0 Å². The molecule has 0 aromatic heterocycles. The zero-order chi connectivity index (χ0) is 26.6. The van der Waals surface area contributed by atoms with Crippen molar-refractivity contribution in [3.05, 3.63) is 63.6 Å². The van der Waals surface area contributed by atoms with E-state index in [1.807, 2.05) is 20.8 Å². The second-order valence-electron chi connectivity index (χ2n) is 9.22. The maximum atomic E-state index is 12.5. The molecule has 0 radical (unpaired) electrons. The number of methoxy groups -OCH3 is 1. The molecule has 0 aliphatic carbocycles. The number of ether oxygens (including phenoxy) is 3. The lowest BCUT2D eigenvalue weighted by Crippen LogP contribution is -2.33. The molecule has 36 heavy (non-hydrogen) atoms. The van der Waals surface area contributed by atoms with Crippen LogP contribution < -0.4 is 15.4 Å². The van der Waals surface area contributed by atoms with Gasteiger partial charge in [0.05, 0.1) is 12.7 Å². The van der Waals surface area contributed by atoms with Crippen LogP contribution in [-0.4, -0.2) is 43.8 Å². The number of hydrogen-bond donors (Lipinski definition) is 2. The summed E-state index contributed by atoms with van der Waals surface area (Å²) in [6.07, 6.45) is 3.21. The van der Waals surface area contributed by atoms with E-state index in [1.54, 1.807) is 42.5 Å². The van der Waals surface area contributed by atoms with Crippen LogP contribution in [0, 0.1) is 0 Å². The maximum Gasteiger partial charge on any atom is 0.407 e. The van der Waals surface area contributed by atoms with Crippen molar-refractivity contribution in [2.45, 2.75) is 58.7 Å². The zero-order valence-electron chi connectivity index (χ0n) is 21.3. The van der Waals surface area contributed by atoms with Gasteiger partial charge in [-0.05, 0) is 85.4 Å². The molecule has 0 aliphatic heterocycles. The number of halogens is 1. The SMILES string of the molecule is COC(=O)c1ccc(COc2cccc(C(=O)NCCCCCCNC(=O)OC(C)(C)C)c2)cc1Br. The van der Waals surface area contributed by atoms with Gasteiger partial charge in [-0.15, -0.1) is 0 Å². The fraction of sp³-hybridized carbons (Fsp3) is 0.444. The van der Waals surface area contributed by atoms with E-state index in [-0.39, 0.29) is 12.5 Å². The smallest absolute Gasteiger partial charge is 0.407 e. The van der Waals surface area contributed by atoms with Crippen LogP contribution in [0.2, 0.25) is 0 Å². The van der Waals surface area contributed by atoms with Crippen LogP contribution in [0.25, 0.3) is 0 Å². The molecule has 8 nitrogen and oxygen atoms in total. The topological polar surface area (TPSA) is 103 Å². The molecule has 2 amide bonds. The highest BCUT2D eigenvalue weighted by Crippen LogP contribution is 2.21. The van der Waals surface area contributed by atoms with Crippen LogP contribution in [0.15, 0.2) is 46.9 Å². The van der Waals surface area contributed by atoms with Crippen molar-refractivity contribution in [1.29, 1.82) is 0 Å². The second kappa shape index (κ2) is 14.5. The third-order valence-electron chi connectivity index (χ3n) is 5.00. The molecule has 0 saturated heterocycles. The lowest BCUT2D eigenvalue weighted by Gasteiger charge is -2.19. The number of unbranched alkanes of at least 4 members (excludes halogenated alkanes) is 3. The van der Waals surface area contributed by atoms with Crippen molar-refractivity contribution in [3.8, 4) is 5.75 Å². The Kier molecular flexibility index (Phi) is 11.7. The van der Waals surface area contributed by atoms with Gasteiger partial charge >= 0.3 is 12.1 Å². The van der Waals surface area contributed by atoms with Crippen molar-refractivity contribution in [2.24, 2.45) is 0 Å². The third-order valence-corrected chi connectivity index (χ3v) is 5.65. The number of amides is 2. The van der Waals surface area contributed by atoms with Crippen LogP contribution in [-0.2, 0) is 16.1 Å².